The molecule has 0 N–H and O–H groups in total. The van der Waals surface area contributed by atoms with Crippen molar-refractivity contribution < 1.29 is 4.39 Å². The Morgan fingerprint density at radius 3 is 2.33 bits per heavy atom. The van der Waals surface area contributed by atoms with Crippen LogP contribution in [-0.2, 0) is 0 Å². The average Bonchev–Trinajstić information content (AvgIpc) is 2.50. The first-order chi connectivity index (χ1) is 10.1. The lowest BCUT2D eigenvalue weighted by molar-refractivity contribution is 0.626. The number of alkyl halides is 1. The second kappa shape index (κ2) is 5.67. The van der Waals surface area contributed by atoms with Gasteiger partial charge in [0, 0.05) is 0 Å². The van der Waals surface area contributed by atoms with Crippen LogP contribution < -0.4 is 0 Å². The molecule has 1 unspecified atom stereocenters. The third-order valence-corrected chi connectivity index (χ3v) is 4.57. The Labute approximate surface area is 133 Å². The summed E-state index contributed by atoms with van der Waals surface area (Å²) in [5, 5.41) is 1.81. The smallest absolute Gasteiger partial charge is 0.142 e. The molecule has 0 heterocycles. The summed E-state index contributed by atoms with van der Waals surface area (Å²) < 4.78 is 13.6. The van der Waals surface area contributed by atoms with E-state index in [9.17, 15) is 4.39 Å². The van der Waals surface area contributed by atoms with Crippen molar-refractivity contribution in [2.24, 2.45) is 0 Å². The standard InChI is InChI=1S/C18H13Cl2F/c1-11-9-10-14(13-6-3-2-5-12(11)13)17(19)15-7-4-8-16(21)18(15)20/h2-10,17H,1H3. The summed E-state index contributed by atoms with van der Waals surface area (Å²) in [6.45, 7) is 2.06. The van der Waals surface area contributed by atoms with Gasteiger partial charge in [0.1, 0.15) is 5.82 Å². The number of halogens is 3. The number of aryl methyl sites for hydroxylation is 1. The van der Waals surface area contributed by atoms with Crippen LogP contribution in [0.3, 0.4) is 0 Å². The minimum absolute atomic E-state index is 0.0853. The van der Waals surface area contributed by atoms with Gasteiger partial charge in [0.05, 0.1) is 10.4 Å². The maximum atomic E-state index is 13.6. The Hall–Kier alpha value is -1.57. The van der Waals surface area contributed by atoms with Gasteiger partial charge >= 0.3 is 0 Å². The van der Waals surface area contributed by atoms with E-state index in [4.69, 9.17) is 23.2 Å². The molecular weight excluding hydrogens is 306 g/mol. The highest BCUT2D eigenvalue weighted by Gasteiger charge is 2.18. The number of hydrogen-bond acceptors (Lipinski definition) is 0. The van der Waals surface area contributed by atoms with E-state index in [-0.39, 0.29) is 5.02 Å². The molecule has 0 fully saturated rings. The van der Waals surface area contributed by atoms with Gasteiger partial charge in [-0.2, -0.15) is 0 Å². The Morgan fingerprint density at radius 2 is 1.57 bits per heavy atom. The lowest BCUT2D eigenvalue weighted by atomic mass is 9.95. The number of rotatable bonds is 2. The molecule has 1 atom stereocenters. The zero-order valence-electron chi connectivity index (χ0n) is 11.4. The van der Waals surface area contributed by atoms with Crippen LogP contribution in [0.5, 0.6) is 0 Å². The van der Waals surface area contributed by atoms with Crippen molar-refractivity contribution in [3.63, 3.8) is 0 Å². The molecule has 0 bridgehead atoms. The molecular formula is C18H13Cl2F. The summed E-state index contributed by atoms with van der Waals surface area (Å²) in [5.41, 5.74) is 2.71. The molecule has 0 saturated carbocycles. The second-order valence-electron chi connectivity index (χ2n) is 5.02. The van der Waals surface area contributed by atoms with Crippen LogP contribution in [0.4, 0.5) is 4.39 Å². The van der Waals surface area contributed by atoms with Crippen LogP contribution in [0, 0.1) is 12.7 Å². The fraction of sp³-hybridized carbons (Fsp3) is 0.111. The highest BCUT2D eigenvalue weighted by Crippen LogP contribution is 2.38. The van der Waals surface area contributed by atoms with Crippen LogP contribution in [0.25, 0.3) is 10.8 Å². The van der Waals surface area contributed by atoms with Crippen molar-refractivity contribution in [1.82, 2.24) is 0 Å². The van der Waals surface area contributed by atoms with Gasteiger partial charge in [-0.25, -0.2) is 4.39 Å². The summed E-state index contributed by atoms with van der Waals surface area (Å²) in [4.78, 5) is 0. The fourth-order valence-electron chi connectivity index (χ4n) is 2.58. The molecule has 3 rings (SSSR count). The molecule has 0 radical (unpaired) electrons. The first-order valence-corrected chi connectivity index (χ1v) is 7.47. The Kier molecular flexibility index (Phi) is 3.88. The molecule has 0 aliphatic heterocycles. The largest absolute Gasteiger partial charge is 0.205 e. The second-order valence-corrected chi connectivity index (χ2v) is 5.84. The van der Waals surface area contributed by atoms with E-state index in [1.165, 1.54) is 11.6 Å². The van der Waals surface area contributed by atoms with Crippen molar-refractivity contribution in [3.05, 3.63) is 82.1 Å². The van der Waals surface area contributed by atoms with Gasteiger partial charge < -0.3 is 0 Å². The molecule has 0 nitrogen and oxygen atoms in total. The van der Waals surface area contributed by atoms with Crippen molar-refractivity contribution in [2.45, 2.75) is 12.3 Å². The predicted octanol–water partition coefficient (Wildman–Crippen LogP) is 6.27. The van der Waals surface area contributed by atoms with Crippen molar-refractivity contribution in [3.8, 4) is 0 Å². The molecule has 0 aliphatic carbocycles. The van der Waals surface area contributed by atoms with Crippen LogP contribution in [0.1, 0.15) is 22.1 Å². The van der Waals surface area contributed by atoms with Gasteiger partial charge in [0.2, 0.25) is 0 Å². The van der Waals surface area contributed by atoms with Gasteiger partial charge in [-0.15, -0.1) is 11.6 Å². The summed E-state index contributed by atoms with van der Waals surface area (Å²) >= 11 is 12.7. The molecule has 0 spiro atoms. The highest BCUT2D eigenvalue weighted by atomic mass is 35.5. The third kappa shape index (κ3) is 2.52. The number of benzene rings is 3. The van der Waals surface area contributed by atoms with Gasteiger partial charge in [-0.1, -0.05) is 60.1 Å². The summed E-state index contributed by atoms with van der Waals surface area (Å²) in [5.74, 6) is -0.448. The Morgan fingerprint density at radius 1 is 0.857 bits per heavy atom. The first kappa shape index (κ1) is 14.4. The maximum absolute atomic E-state index is 13.6. The Bertz CT molecular complexity index is 811. The molecule has 21 heavy (non-hydrogen) atoms. The van der Waals surface area contributed by atoms with E-state index in [0.717, 1.165) is 16.3 Å². The van der Waals surface area contributed by atoms with Crippen molar-refractivity contribution in [1.29, 1.82) is 0 Å². The summed E-state index contributed by atoms with van der Waals surface area (Å²) in [6.07, 6.45) is 0. The number of fused-ring (bicyclic) bond motifs is 1. The lowest BCUT2D eigenvalue weighted by Crippen LogP contribution is -1.98. The molecule has 0 aliphatic rings. The molecule has 3 aromatic carbocycles. The lowest BCUT2D eigenvalue weighted by Gasteiger charge is -2.16. The molecule has 3 aromatic rings. The first-order valence-electron chi connectivity index (χ1n) is 6.66. The number of hydrogen-bond donors (Lipinski definition) is 0. The molecule has 0 aromatic heterocycles. The SMILES string of the molecule is Cc1ccc(C(Cl)c2cccc(F)c2Cl)c2ccccc12. The predicted molar refractivity (Wildman–Crippen MR) is 87.8 cm³/mol. The zero-order valence-corrected chi connectivity index (χ0v) is 12.9. The van der Waals surface area contributed by atoms with E-state index < -0.39 is 11.2 Å². The van der Waals surface area contributed by atoms with Gasteiger partial charge in [0.15, 0.2) is 0 Å². The molecule has 0 amide bonds. The average molecular weight is 319 g/mol. The zero-order chi connectivity index (χ0) is 15.0. The van der Waals surface area contributed by atoms with Crippen molar-refractivity contribution >= 4 is 34.0 Å². The quantitative estimate of drug-likeness (QED) is 0.488. The van der Waals surface area contributed by atoms with Crippen LogP contribution in [0.2, 0.25) is 5.02 Å². The molecule has 3 heteroatoms. The van der Waals surface area contributed by atoms with E-state index in [0.29, 0.717) is 5.56 Å². The van der Waals surface area contributed by atoms with E-state index in [2.05, 4.69) is 13.0 Å². The van der Waals surface area contributed by atoms with E-state index in [1.54, 1.807) is 12.1 Å². The highest BCUT2D eigenvalue weighted by molar-refractivity contribution is 6.33. The van der Waals surface area contributed by atoms with Crippen molar-refractivity contribution in [2.75, 3.05) is 0 Å². The Balaban J connectivity index is 2.21. The maximum Gasteiger partial charge on any atom is 0.142 e. The van der Waals surface area contributed by atoms with E-state index >= 15 is 0 Å². The van der Waals surface area contributed by atoms with Crippen LogP contribution in [0.15, 0.2) is 54.6 Å². The van der Waals surface area contributed by atoms with Crippen LogP contribution in [-0.4, -0.2) is 0 Å². The molecule has 0 saturated heterocycles. The minimum Gasteiger partial charge on any atom is -0.205 e. The fourth-order valence-corrected chi connectivity index (χ4v) is 3.24. The third-order valence-electron chi connectivity index (χ3n) is 3.70. The monoisotopic (exact) mass is 318 g/mol. The van der Waals surface area contributed by atoms with E-state index in [1.807, 2.05) is 30.3 Å². The minimum atomic E-state index is -0.487. The molecule has 106 valence electrons. The topological polar surface area (TPSA) is 0 Å². The normalized spacial score (nSPS) is 12.6. The van der Waals surface area contributed by atoms with Gasteiger partial charge in [0.25, 0.3) is 0 Å². The van der Waals surface area contributed by atoms with Crippen LogP contribution >= 0.6 is 23.2 Å². The summed E-state index contributed by atoms with van der Waals surface area (Å²) in [7, 11) is 0. The van der Waals surface area contributed by atoms with Gasteiger partial charge in [-0.3, -0.25) is 0 Å². The summed E-state index contributed by atoms with van der Waals surface area (Å²) in [6, 6.07) is 16.8. The van der Waals surface area contributed by atoms with Gasteiger partial charge in [-0.05, 0) is 40.5 Å².